The van der Waals surface area contributed by atoms with Crippen molar-refractivity contribution in [1.29, 1.82) is 0 Å². The predicted molar refractivity (Wildman–Crippen MR) is 31.0 cm³/mol. The van der Waals surface area contributed by atoms with Crippen LogP contribution in [-0.4, -0.2) is 25.4 Å². The summed E-state index contributed by atoms with van der Waals surface area (Å²) >= 11 is 5.35. The van der Waals surface area contributed by atoms with E-state index in [1.54, 1.807) is 0 Å². The van der Waals surface area contributed by atoms with Gasteiger partial charge in [-0.2, -0.15) is 0 Å². The molecule has 0 spiro atoms. The van der Waals surface area contributed by atoms with Gasteiger partial charge in [-0.15, -0.1) is 11.6 Å². The Morgan fingerprint density at radius 1 is 1.75 bits per heavy atom. The van der Waals surface area contributed by atoms with Crippen LogP contribution in [0.2, 0.25) is 0 Å². The molecule has 0 amide bonds. The van der Waals surface area contributed by atoms with Crippen molar-refractivity contribution in [2.75, 3.05) is 19.1 Å². The van der Waals surface area contributed by atoms with Crippen LogP contribution in [0.25, 0.3) is 0 Å². The maximum Gasteiger partial charge on any atom is 0.159 e. The molecule has 1 aliphatic heterocycles. The summed E-state index contributed by atoms with van der Waals surface area (Å²) in [5, 5.41) is 0. The zero-order valence-corrected chi connectivity index (χ0v) is 5.36. The normalized spacial score (nSPS) is 27.4. The highest BCUT2D eigenvalue weighted by molar-refractivity contribution is 6.17. The molecule has 0 bridgehead atoms. The number of rotatable bonds is 3. The quantitative estimate of drug-likeness (QED) is 0.539. The molecule has 0 aromatic carbocycles. The average molecular weight is 137 g/mol. The minimum absolute atomic E-state index is 0.0498. The summed E-state index contributed by atoms with van der Waals surface area (Å²) in [7, 11) is 0. The Kier molecular flexibility index (Phi) is 2.59. The van der Waals surface area contributed by atoms with Crippen molar-refractivity contribution < 1.29 is 9.47 Å². The van der Waals surface area contributed by atoms with Crippen molar-refractivity contribution in [2.45, 2.75) is 12.7 Å². The molecular weight excluding hydrogens is 128 g/mol. The molecule has 1 rings (SSSR count). The summed E-state index contributed by atoms with van der Waals surface area (Å²) < 4.78 is 10.0. The predicted octanol–water partition coefficient (Wildman–Crippen LogP) is 0.988. The lowest BCUT2D eigenvalue weighted by molar-refractivity contribution is -0.211. The van der Waals surface area contributed by atoms with Gasteiger partial charge in [-0.25, -0.2) is 0 Å². The Balaban J connectivity index is 1.86. The van der Waals surface area contributed by atoms with Gasteiger partial charge in [0, 0.05) is 12.3 Å². The van der Waals surface area contributed by atoms with Gasteiger partial charge in [0.15, 0.2) is 6.29 Å². The van der Waals surface area contributed by atoms with Crippen molar-refractivity contribution in [2.24, 2.45) is 0 Å². The van der Waals surface area contributed by atoms with Gasteiger partial charge in [0.05, 0.1) is 13.2 Å². The zero-order valence-electron chi connectivity index (χ0n) is 4.60. The van der Waals surface area contributed by atoms with Crippen LogP contribution in [0.3, 0.4) is 0 Å². The van der Waals surface area contributed by atoms with Gasteiger partial charge >= 0.3 is 0 Å². The van der Waals surface area contributed by atoms with Gasteiger partial charge in [0.2, 0.25) is 0 Å². The lowest BCUT2D eigenvalue weighted by Gasteiger charge is -2.25. The van der Waals surface area contributed by atoms with Gasteiger partial charge < -0.3 is 9.47 Å². The molecule has 0 aromatic heterocycles. The largest absolute Gasteiger partial charge is 0.352 e. The van der Waals surface area contributed by atoms with Crippen molar-refractivity contribution >= 4 is 11.6 Å². The third-order valence-electron chi connectivity index (χ3n) is 1.04. The third-order valence-corrected chi connectivity index (χ3v) is 1.19. The van der Waals surface area contributed by atoms with E-state index in [1.165, 1.54) is 0 Å². The number of halogens is 1. The summed E-state index contributed by atoms with van der Waals surface area (Å²) in [5.74, 6) is 0.555. The Hall–Kier alpha value is 0.210. The van der Waals surface area contributed by atoms with Gasteiger partial charge in [-0.3, -0.25) is 0 Å². The average Bonchev–Trinajstić information content (AvgIpc) is 1.63. The Morgan fingerprint density at radius 3 is 2.88 bits per heavy atom. The van der Waals surface area contributed by atoms with Gasteiger partial charge in [0.1, 0.15) is 0 Å². The van der Waals surface area contributed by atoms with E-state index in [0.29, 0.717) is 12.5 Å². The fourth-order valence-corrected chi connectivity index (χ4v) is 0.611. The van der Waals surface area contributed by atoms with E-state index < -0.39 is 0 Å². The first kappa shape index (κ1) is 6.33. The van der Waals surface area contributed by atoms with Gasteiger partial charge in [0.25, 0.3) is 0 Å². The molecule has 1 fully saturated rings. The van der Waals surface area contributed by atoms with Crippen LogP contribution in [0.15, 0.2) is 0 Å². The summed E-state index contributed by atoms with van der Waals surface area (Å²) in [6.45, 7) is 1.44. The number of ether oxygens (including phenoxy) is 2. The summed E-state index contributed by atoms with van der Waals surface area (Å²) in [6, 6.07) is 0. The second-order valence-electron chi connectivity index (χ2n) is 1.65. The molecule has 0 radical (unpaired) electrons. The van der Waals surface area contributed by atoms with Crippen LogP contribution in [0, 0.1) is 0 Å². The molecule has 1 unspecified atom stereocenters. The van der Waals surface area contributed by atoms with Crippen LogP contribution < -0.4 is 0 Å². The molecular formula is C5H9ClO2. The molecule has 1 heterocycles. The molecule has 3 heteroatoms. The molecule has 0 aliphatic carbocycles. The highest BCUT2D eigenvalue weighted by Gasteiger charge is 2.17. The summed E-state index contributed by atoms with van der Waals surface area (Å²) in [6.07, 6.45) is 1.07. The van der Waals surface area contributed by atoms with E-state index in [1.807, 2.05) is 0 Å². The van der Waals surface area contributed by atoms with E-state index in [2.05, 4.69) is 0 Å². The maximum absolute atomic E-state index is 5.35. The maximum atomic E-state index is 5.35. The first-order chi connectivity index (χ1) is 3.93. The topological polar surface area (TPSA) is 18.5 Å². The highest BCUT2D eigenvalue weighted by Crippen LogP contribution is 2.11. The molecule has 48 valence electrons. The van der Waals surface area contributed by atoms with E-state index >= 15 is 0 Å². The van der Waals surface area contributed by atoms with Crippen LogP contribution in [0.1, 0.15) is 6.42 Å². The van der Waals surface area contributed by atoms with Crippen molar-refractivity contribution in [3.63, 3.8) is 0 Å². The van der Waals surface area contributed by atoms with E-state index in [4.69, 9.17) is 21.1 Å². The highest BCUT2D eigenvalue weighted by atomic mass is 35.5. The standard InChI is InChI=1S/C5H9ClO2/c6-2-4-8-5-1-3-7-5/h5H,1-4H2. The fourth-order valence-electron chi connectivity index (χ4n) is 0.522. The Labute approximate surface area is 53.7 Å². The van der Waals surface area contributed by atoms with Gasteiger partial charge in [-0.1, -0.05) is 0 Å². The third kappa shape index (κ3) is 1.62. The van der Waals surface area contributed by atoms with E-state index in [9.17, 15) is 0 Å². The first-order valence-electron chi connectivity index (χ1n) is 2.72. The van der Waals surface area contributed by atoms with Crippen molar-refractivity contribution in [3.8, 4) is 0 Å². The van der Waals surface area contributed by atoms with E-state index in [0.717, 1.165) is 13.0 Å². The summed E-state index contributed by atoms with van der Waals surface area (Å²) in [5.41, 5.74) is 0. The number of hydrogen-bond donors (Lipinski definition) is 0. The van der Waals surface area contributed by atoms with Crippen LogP contribution in [-0.2, 0) is 9.47 Å². The van der Waals surface area contributed by atoms with Crippen molar-refractivity contribution in [3.05, 3.63) is 0 Å². The monoisotopic (exact) mass is 136 g/mol. The molecule has 1 saturated heterocycles. The molecule has 1 aliphatic rings. The summed E-state index contributed by atoms with van der Waals surface area (Å²) in [4.78, 5) is 0. The molecule has 0 N–H and O–H groups in total. The SMILES string of the molecule is ClCCOC1CCO1. The molecule has 8 heavy (non-hydrogen) atoms. The van der Waals surface area contributed by atoms with Crippen LogP contribution in [0.5, 0.6) is 0 Å². The van der Waals surface area contributed by atoms with Crippen LogP contribution >= 0.6 is 11.6 Å². The first-order valence-corrected chi connectivity index (χ1v) is 3.26. The molecule has 0 saturated carbocycles. The molecule has 1 atom stereocenters. The second-order valence-corrected chi connectivity index (χ2v) is 2.03. The van der Waals surface area contributed by atoms with Crippen LogP contribution in [0.4, 0.5) is 0 Å². The number of hydrogen-bond acceptors (Lipinski definition) is 2. The number of alkyl halides is 1. The molecule has 0 aromatic rings. The lowest BCUT2D eigenvalue weighted by Crippen LogP contribution is -2.30. The smallest absolute Gasteiger partial charge is 0.159 e. The minimum Gasteiger partial charge on any atom is -0.352 e. The zero-order chi connectivity index (χ0) is 5.82. The Morgan fingerprint density at radius 2 is 2.50 bits per heavy atom. The van der Waals surface area contributed by atoms with Gasteiger partial charge in [-0.05, 0) is 0 Å². The van der Waals surface area contributed by atoms with E-state index in [-0.39, 0.29) is 6.29 Å². The minimum atomic E-state index is 0.0498. The Bertz CT molecular complexity index is 63.4. The second kappa shape index (κ2) is 3.28. The lowest BCUT2D eigenvalue weighted by atomic mass is 10.3. The molecule has 2 nitrogen and oxygen atoms in total. The van der Waals surface area contributed by atoms with Crippen molar-refractivity contribution in [1.82, 2.24) is 0 Å². The fraction of sp³-hybridized carbons (Fsp3) is 1.00.